The first-order chi connectivity index (χ1) is 10.6. The fourth-order valence-electron chi connectivity index (χ4n) is 2.32. The second-order valence-corrected chi connectivity index (χ2v) is 6.54. The minimum atomic E-state index is -0.0541. The largest absolute Gasteiger partial charge is 0.298 e. The fraction of sp³-hybridized carbons (Fsp3) is 0.0588. The highest BCUT2D eigenvalue weighted by molar-refractivity contribution is 14.1. The highest BCUT2D eigenvalue weighted by Gasteiger charge is 2.17. The molecule has 0 bridgehead atoms. The molecule has 1 heterocycles. The molecule has 0 aliphatic carbocycles. The summed E-state index contributed by atoms with van der Waals surface area (Å²) in [6.07, 6.45) is 1.68. The van der Waals surface area contributed by atoms with Crippen molar-refractivity contribution < 1.29 is 4.79 Å². The molecule has 0 saturated carbocycles. The average molecular weight is 423 g/mol. The summed E-state index contributed by atoms with van der Waals surface area (Å²) in [6, 6.07) is 15.5. The molecule has 0 radical (unpaired) electrons. The molecule has 1 aromatic heterocycles. The minimum absolute atomic E-state index is 0.0541. The number of rotatable bonds is 3. The standard InChI is InChI=1S/C17H12ClIN2O/c1-11(22)16-17(12-3-2-4-14(19)9-12)21(10-20-16)15-7-5-13(18)6-8-15/h2-10H,1H3. The number of Topliss-reactive ketones (excluding diaryl/α,β-unsaturated/α-hetero) is 1. The Balaban J connectivity index is 2.24. The van der Waals surface area contributed by atoms with Crippen LogP contribution in [0.3, 0.4) is 0 Å². The Morgan fingerprint density at radius 1 is 1.18 bits per heavy atom. The van der Waals surface area contributed by atoms with Gasteiger partial charge in [0, 0.05) is 26.8 Å². The summed E-state index contributed by atoms with van der Waals surface area (Å²) in [5.41, 5.74) is 3.15. The summed E-state index contributed by atoms with van der Waals surface area (Å²) in [7, 11) is 0. The predicted molar refractivity (Wildman–Crippen MR) is 96.7 cm³/mol. The maximum absolute atomic E-state index is 11.9. The second kappa shape index (κ2) is 6.22. The van der Waals surface area contributed by atoms with Gasteiger partial charge in [-0.15, -0.1) is 0 Å². The lowest BCUT2D eigenvalue weighted by atomic mass is 10.1. The van der Waals surface area contributed by atoms with E-state index in [-0.39, 0.29) is 5.78 Å². The van der Waals surface area contributed by atoms with Crippen molar-refractivity contribution in [3.8, 4) is 16.9 Å². The van der Waals surface area contributed by atoms with Crippen LogP contribution < -0.4 is 0 Å². The topological polar surface area (TPSA) is 34.9 Å². The van der Waals surface area contributed by atoms with E-state index in [0.29, 0.717) is 10.7 Å². The minimum Gasteiger partial charge on any atom is -0.298 e. The number of hydrogen-bond acceptors (Lipinski definition) is 2. The first-order valence-electron chi connectivity index (χ1n) is 6.66. The van der Waals surface area contributed by atoms with Crippen LogP contribution in [-0.2, 0) is 0 Å². The summed E-state index contributed by atoms with van der Waals surface area (Å²) in [5, 5.41) is 0.673. The molecular weight excluding hydrogens is 411 g/mol. The van der Waals surface area contributed by atoms with Crippen molar-refractivity contribution in [3.63, 3.8) is 0 Å². The molecule has 0 aliphatic heterocycles. The zero-order chi connectivity index (χ0) is 15.7. The molecule has 3 aromatic rings. The van der Waals surface area contributed by atoms with Crippen molar-refractivity contribution in [2.45, 2.75) is 6.92 Å². The Morgan fingerprint density at radius 3 is 2.55 bits per heavy atom. The molecule has 0 N–H and O–H groups in total. The van der Waals surface area contributed by atoms with Crippen molar-refractivity contribution in [2.24, 2.45) is 0 Å². The molecule has 2 aromatic carbocycles. The Morgan fingerprint density at radius 2 is 1.91 bits per heavy atom. The van der Waals surface area contributed by atoms with Gasteiger partial charge in [-0.3, -0.25) is 9.36 Å². The van der Waals surface area contributed by atoms with Crippen LogP contribution in [0.2, 0.25) is 5.02 Å². The van der Waals surface area contributed by atoms with E-state index in [9.17, 15) is 4.79 Å². The predicted octanol–water partition coefficient (Wildman–Crippen LogP) is 5.00. The Hall–Kier alpha value is -1.66. The van der Waals surface area contributed by atoms with Gasteiger partial charge >= 0.3 is 0 Å². The molecule has 0 fully saturated rings. The van der Waals surface area contributed by atoms with Crippen molar-refractivity contribution in [1.82, 2.24) is 9.55 Å². The molecule has 22 heavy (non-hydrogen) atoms. The molecule has 3 nitrogen and oxygen atoms in total. The number of aromatic nitrogens is 2. The van der Waals surface area contributed by atoms with Gasteiger partial charge in [0.2, 0.25) is 0 Å². The summed E-state index contributed by atoms with van der Waals surface area (Å²) >= 11 is 8.21. The van der Waals surface area contributed by atoms with Gasteiger partial charge in [0.1, 0.15) is 12.0 Å². The molecule has 3 rings (SSSR count). The van der Waals surface area contributed by atoms with Crippen molar-refractivity contribution in [3.05, 3.63) is 69.1 Å². The number of halogens is 2. The van der Waals surface area contributed by atoms with Crippen LogP contribution >= 0.6 is 34.2 Å². The van der Waals surface area contributed by atoms with Gasteiger partial charge < -0.3 is 0 Å². The van der Waals surface area contributed by atoms with E-state index in [1.165, 1.54) is 6.92 Å². The third-order valence-corrected chi connectivity index (χ3v) is 4.23. The molecule has 5 heteroatoms. The lowest BCUT2D eigenvalue weighted by Crippen LogP contribution is -2.00. The number of imidazole rings is 1. The van der Waals surface area contributed by atoms with Crippen molar-refractivity contribution in [2.75, 3.05) is 0 Å². The summed E-state index contributed by atoms with van der Waals surface area (Å²) in [4.78, 5) is 16.2. The quantitative estimate of drug-likeness (QED) is 0.440. The molecule has 0 aliphatic rings. The summed E-state index contributed by atoms with van der Waals surface area (Å²) < 4.78 is 3.02. The maximum Gasteiger partial charge on any atom is 0.180 e. The zero-order valence-corrected chi connectivity index (χ0v) is 14.7. The Bertz CT molecular complexity index is 840. The van der Waals surface area contributed by atoms with E-state index in [1.54, 1.807) is 6.33 Å². The summed E-state index contributed by atoms with van der Waals surface area (Å²) in [6.45, 7) is 1.53. The normalized spacial score (nSPS) is 10.7. The van der Waals surface area contributed by atoms with Crippen LogP contribution in [0.1, 0.15) is 17.4 Å². The Kier molecular flexibility index (Phi) is 4.31. The van der Waals surface area contributed by atoms with E-state index in [1.807, 2.05) is 53.1 Å². The van der Waals surface area contributed by atoms with Gasteiger partial charge in [0.05, 0.1) is 5.69 Å². The number of carbonyl (C=O) groups is 1. The number of ketones is 1. The van der Waals surface area contributed by atoms with Crippen LogP contribution in [0.25, 0.3) is 16.9 Å². The molecule has 0 amide bonds. The smallest absolute Gasteiger partial charge is 0.180 e. The van der Waals surface area contributed by atoms with E-state index >= 15 is 0 Å². The van der Waals surface area contributed by atoms with E-state index in [2.05, 4.69) is 27.6 Å². The van der Waals surface area contributed by atoms with Gasteiger partial charge in [-0.05, 0) is 59.0 Å². The average Bonchev–Trinajstić information content (AvgIpc) is 2.93. The second-order valence-electron chi connectivity index (χ2n) is 4.85. The third-order valence-electron chi connectivity index (χ3n) is 3.30. The third kappa shape index (κ3) is 2.94. The first kappa shape index (κ1) is 15.2. The Labute approximate surface area is 147 Å². The fourth-order valence-corrected chi connectivity index (χ4v) is 2.98. The van der Waals surface area contributed by atoms with Crippen LogP contribution in [0.4, 0.5) is 0 Å². The van der Waals surface area contributed by atoms with Gasteiger partial charge in [0.15, 0.2) is 5.78 Å². The highest BCUT2D eigenvalue weighted by Crippen LogP contribution is 2.28. The molecule has 0 spiro atoms. The molecule has 0 unspecified atom stereocenters. The van der Waals surface area contributed by atoms with Crippen LogP contribution in [0.15, 0.2) is 54.9 Å². The van der Waals surface area contributed by atoms with Gasteiger partial charge in [-0.1, -0.05) is 23.7 Å². The number of hydrogen-bond donors (Lipinski definition) is 0. The molecular formula is C17H12ClIN2O. The number of carbonyl (C=O) groups excluding carboxylic acids is 1. The van der Waals surface area contributed by atoms with Crippen LogP contribution in [0.5, 0.6) is 0 Å². The zero-order valence-electron chi connectivity index (χ0n) is 11.8. The molecule has 0 atom stereocenters. The maximum atomic E-state index is 11.9. The van der Waals surface area contributed by atoms with E-state index in [0.717, 1.165) is 20.5 Å². The van der Waals surface area contributed by atoms with Crippen LogP contribution in [0, 0.1) is 3.57 Å². The van der Waals surface area contributed by atoms with Crippen LogP contribution in [-0.4, -0.2) is 15.3 Å². The number of benzene rings is 2. The van der Waals surface area contributed by atoms with Gasteiger partial charge in [-0.25, -0.2) is 4.98 Å². The molecule has 0 saturated heterocycles. The highest BCUT2D eigenvalue weighted by atomic mass is 127. The van der Waals surface area contributed by atoms with E-state index in [4.69, 9.17) is 11.6 Å². The SMILES string of the molecule is CC(=O)c1ncn(-c2ccc(Cl)cc2)c1-c1cccc(I)c1. The first-order valence-corrected chi connectivity index (χ1v) is 8.12. The van der Waals surface area contributed by atoms with Crippen molar-refractivity contribution in [1.29, 1.82) is 0 Å². The van der Waals surface area contributed by atoms with Gasteiger partial charge in [0.25, 0.3) is 0 Å². The molecule has 110 valence electrons. The van der Waals surface area contributed by atoms with E-state index < -0.39 is 0 Å². The number of nitrogens with zero attached hydrogens (tertiary/aromatic N) is 2. The monoisotopic (exact) mass is 422 g/mol. The summed E-state index contributed by atoms with van der Waals surface area (Å²) in [5.74, 6) is -0.0541. The lowest BCUT2D eigenvalue weighted by molar-refractivity contribution is 0.101. The van der Waals surface area contributed by atoms with Gasteiger partial charge in [-0.2, -0.15) is 0 Å². The lowest BCUT2D eigenvalue weighted by Gasteiger charge is -2.10. The van der Waals surface area contributed by atoms with Crippen molar-refractivity contribution >= 4 is 40.0 Å².